The molecule has 8 heteroatoms. The van der Waals surface area contributed by atoms with Crippen LogP contribution in [0.4, 0.5) is 0 Å². The van der Waals surface area contributed by atoms with Gasteiger partial charge in [-0.1, -0.05) is 5.16 Å². The number of hydrogen-bond donors (Lipinski definition) is 0. The Balaban J connectivity index is 1.32. The van der Waals surface area contributed by atoms with Crippen LogP contribution in [0.25, 0.3) is 11.4 Å². The van der Waals surface area contributed by atoms with Gasteiger partial charge in [0, 0.05) is 48.9 Å². The average Bonchev–Trinajstić information content (AvgIpc) is 3.41. The molecule has 4 heterocycles. The zero-order valence-electron chi connectivity index (χ0n) is 15.0. The van der Waals surface area contributed by atoms with Crippen molar-refractivity contribution < 1.29 is 9.32 Å². The summed E-state index contributed by atoms with van der Waals surface area (Å²) in [6, 6.07) is 3.86. The number of amides is 1. The Kier molecular flexibility index (Phi) is 5.53. The Morgan fingerprint density at radius 2 is 2.30 bits per heavy atom. The maximum Gasteiger partial charge on any atom is 0.226 e. The van der Waals surface area contributed by atoms with Crippen LogP contribution in [0.2, 0.25) is 0 Å². The molecule has 1 aliphatic rings. The van der Waals surface area contributed by atoms with Gasteiger partial charge in [0.05, 0.1) is 6.04 Å². The predicted octanol–water partition coefficient (Wildman–Crippen LogP) is 3.66. The smallest absolute Gasteiger partial charge is 0.226 e. The summed E-state index contributed by atoms with van der Waals surface area (Å²) in [5, 5.41) is 7.01. The molecular weight excluding hydrogens is 362 g/mol. The molecule has 4 rings (SSSR count). The first-order valence-corrected chi connectivity index (χ1v) is 10.1. The second-order valence-electron chi connectivity index (χ2n) is 6.58. The lowest BCUT2D eigenvalue weighted by molar-refractivity contribution is -0.135. The molecule has 0 spiro atoms. The van der Waals surface area contributed by atoms with Crippen molar-refractivity contribution in [3.05, 3.63) is 47.0 Å². The lowest BCUT2D eigenvalue weighted by atomic mass is 10.0. The molecule has 1 aliphatic heterocycles. The summed E-state index contributed by atoms with van der Waals surface area (Å²) in [7, 11) is 0. The number of hydrogen-bond acceptors (Lipinski definition) is 7. The number of carbonyl (C=O) groups is 1. The fourth-order valence-corrected chi connectivity index (χ4v) is 4.17. The summed E-state index contributed by atoms with van der Waals surface area (Å²) in [5.41, 5.74) is 0.822. The first-order valence-electron chi connectivity index (χ1n) is 9.23. The Morgan fingerprint density at radius 1 is 1.33 bits per heavy atom. The number of likely N-dealkylation sites (tertiary alicyclic amines) is 1. The van der Waals surface area contributed by atoms with Gasteiger partial charge < -0.3 is 9.42 Å². The third-order valence-electron chi connectivity index (χ3n) is 4.73. The van der Waals surface area contributed by atoms with Gasteiger partial charge in [-0.2, -0.15) is 4.98 Å². The van der Waals surface area contributed by atoms with Crippen molar-refractivity contribution in [3.63, 3.8) is 0 Å². The number of thiazole rings is 1. The molecule has 0 aliphatic carbocycles. The molecule has 0 N–H and O–H groups in total. The fourth-order valence-electron chi connectivity index (χ4n) is 3.39. The highest BCUT2D eigenvalue weighted by molar-refractivity contribution is 7.09. The molecule has 1 atom stereocenters. The summed E-state index contributed by atoms with van der Waals surface area (Å²) >= 11 is 1.63. The highest BCUT2D eigenvalue weighted by Gasteiger charge is 2.29. The maximum absolute atomic E-state index is 12.7. The Hall–Kier alpha value is -2.61. The van der Waals surface area contributed by atoms with Gasteiger partial charge in [-0.05, 0) is 37.8 Å². The second kappa shape index (κ2) is 8.39. The monoisotopic (exact) mass is 383 g/mol. The average molecular weight is 383 g/mol. The Bertz CT molecular complexity index is 865. The van der Waals surface area contributed by atoms with E-state index in [1.807, 2.05) is 28.6 Å². The number of rotatable bonds is 6. The highest BCUT2D eigenvalue weighted by Crippen LogP contribution is 2.32. The molecule has 7 nitrogen and oxygen atoms in total. The largest absolute Gasteiger partial charge is 0.339 e. The molecule has 0 radical (unpaired) electrons. The minimum atomic E-state index is 0.131. The number of pyridine rings is 1. The van der Waals surface area contributed by atoms with Gasteiger partial charge in [0.2, 0.25) is 17.6 Å². The summed E-state index contributed by atoms with van der Waals surface area (Å²) in [6.45, 7) is 0.814. The van der Waals surface area contributed by atoms with Crippen molar-refractivity contribution >= 4 is 17.2 Å². The first kappa shape index (κ1) is 17.8. The van der Waals surface area contributed by atoms with Gasteiger partial charge in [0.25, 0.3) is 0 Å². The molecule has 0 unspecified atom stereocenters. The van der Waals surface area contributed by atoms with E-state index in [-0.39, 0.29) is 11.9 Å². The molecule has 0 bridgehead atoms. The van der Waals surface area contributed by atoms with Crippen LogP contribution in [-0.2, 0) is 11.2 Å². The Morgan fingerprint density at radius 3 is 3.11 bits per heavy atom. The molecular formula is C19H21N5O2S. The van der Waals surface area contributed by atoms with Gasteiger partial charge in [0.15, 0.2) is 0 Å². The van der Waals surface area contributed by atoms with Crippen LogP contribution >= 0.6 is 11.3 Å². The van der Waals surface area contributed by atoms with Crippen molar-refractivity contribution in [1.82, 2.24) is 25.0 Å². The van der Waals surface area contributed by atoms with Crippen LogP contribution in [0.15, 0.2) is 40.6 Å². The van der Waals surface area contributed by atoms with E-state index in [1.165, 1.54) is 0 Å². The van der Waals surface area contributed by atoms with Crippen molar-refractivity contribution in [2.75, 3.05) is 6.54 Å². The molecule has 0 aromatic carbocycles. The standard InChI is InChI=1S/C19H21N5O2S/c25-17(24-11-2-1-6-15(24)19-21-10-12-27-19)8-3-7-16-22-18(23-26-16)14-5-4-9-20-13-14/h4-5,9-10,12-13,15H,1-3,6-8,11H2/t15-/m1/s1. The van der Waals surface area contributed by atoms with Gasteiger partial charge in [-0.3, -0.25) is 9.78 Å². The minimum Gasteiger partial charge on any atom is -0.339 e. The van der Waals surface area contributed by atoms with Gasteiger partial charge >= 0.3 is 0 Å². The summed E-state index contributed by atoms with van der Waals surface area (Å²) in [4.78, 5) is 27.6. The third kappa shape index (κ3) is 4.21. The number of nitrogens with zero attached hydrogens (tertiary/aromatic N) is 5. The van der Waals surface area contributed by atoms with Crippen molar-refractivity contribution in [1.29, 1.82) is 0 Å². The topological polar surface area (TPSA) is 85.0 Å². The molecule has 0 saturated carbocycles. The number of carbonyl (C=O) groups excluding carboxylic acids is 1. The van der Waals surface area contributed by atoms with E-state index in [2.05, 4.69) is 20.1 Å². The summed E-state index contributed by atoms with van der Waals surface area (Å²) in [6.07, 6.45) is 10.2. The lowest BCUT2D eigenvalue weighted by Crippen LogP contribution is -2.38. The summed E-state index contributed by atoms with van der Waals surface area (Å²) in [5.74, 6) is 1.27. The fraction of sp³-hybridized carbons (Fsp3) is 0.421. The second-order valence-corrected chi connectivity index (χ2v) is 7.50. The minimum absolute atomic E-state index is 0.131. The third-order valence-corrected chi connectivity index (χ3v) is 5.61. The van der Waals surface area contributed by atoms with Crippen LogP contribution in [-0.4, -0.2) is 37.5 Å². The SMILES string of the molecule is O=C(CCCc1nc(-c2cccnc2)no1)N1CCCC[C@@H]1c1nccs1. The zero-order valence-corrected chi connectivity index (χ0v) is 15.8. The number of piperidine rings is 1. The molecule has 1 amide bonds. The predicted molar refractivity (Wildman–Crippen MR) is 101 cm³/mol. The van der Waals surface area contributed by atoms with Crippen LogP contribution in [0.3, 0.4) is 0 Å². The zero-order chi connectivity index (χ0) is 18.5. The molecule has 1 fully saturated rings. The molecule has 3 aromatic heterocycles. The van der Waals surface area contributed by atoms with Crippen molar-refractivity contribution in [3.8, 4) is 11.4 Å². The van der Waals surface area contributed by atoms with Crippen molar-refractivity contribution in [2.24, 2.45) is 0 Å². The number of aryl methyl sites for hydroxylation is 1. The molecule has 3 aromatic rings. The van der Waals surface area contributed by atoms with Crippen molar-refractivity contribution in [2.45, 2.75) is 44.6 Å². The lowest BCUT2D eigenvalue weighted by Gasteiger charge is -2.34. The number of aromatic nitrogens is 4. The van der Waals surface area contributed by atoms with E-state index in [1.54, 1.807) is 23.7 Å². The van der Waals surface area contributed by atoms with E-state index in [4.69, 9.17) is 4.52 Å². The first-order chi connectivity index (χ1) is 13.3. The van der Waals surface area contributed by atoms with E-state index in [9.17, 15) is 4.79 Å². The van der Waals surface area contributed by atoms with Gasteiger partial charge in [-0.15, -0.1) is 11.3 Å². The Labute approximate surface area is 161 Å². The van der Waals surface area contributed by atoms with Gasteiger partial charge in [-0.25, -0.2) is 4.98 Å². The highest BCUT2D eigenvalue weighted by atomic mass is 32.1. The van der Waals surface area contributed by atoms with E-state index in [0.29, 0.717) is 31.0 Å². The summed E-state index contributed by atoms with van der Waals surface area (Å²) < 4.78 is 5.30. The van der Waals surface area contributed by atoms with Crippen LogP contribution in [0.1, 0.15) is 49.0 Å². The van der Waals surface area contributed by atoms with Gasteiger partial charge in [0.1, 0.15) is 5.01 Å². The van der Waals surface area contributed by atoms with E-state index < -0.39 is 0 Å². The molecule has 27 heavy (non-hydrogen) atoms. The van der Waals surface area contributed by atoms with Crippen LogP contribution < -0.4 is 0 Å². The normalized spacial score (nSPS) is 17.2. The van der Waals surface area contributed by atoms with E-state index in [0.717, 1.165) is 36.4 Å². The quantitative estimate of drug-likeness (QED) is 0.646. The molecule has 140 valence electrons. The maximum atomic E-state index is 12.7. The van der Waals surface area contributed by atoms with Crippen LogP contribution in [0, 0.1) is 0 Å². The molecule has 1 saturated heterocycles. The van der Waals surface area contributed by atoms with E-state index >= 15 is 0 Å². The van der Waals surface area contributed by atoms with Crippen LogP contribution in [0.5, 0.6) is 0 Å².